The maximum absolute atomic E-state index is 12.2. The molecule has 0 radical (unpaired) electrons. The zero-order chi connectivity index (χ0) is 12.3. The van der Waals surface area contributed by atoms with E-state index in [1.807, 2.05) is 11.9 Å². The smallest absolute Gasteiger partial charge is 0.227 e. The van der Waals surface area contributed by atoms with Crippen molar-refractivity contribution in [2.24, 2.45) is 11.8 Å². The highest BCUT2D eigenvalue weighted by Crippen LogP contribution is 2.20. The second kappa shape index (κ2) is 5.49. The molecule has 5 heteroatoms. The summed E-state index contributed by atoms with van der Waals surface area (Å²) >= 11 is 0. The second-order valence-corrected chi connectivity index (χ2v) is 5.06. The maximum Gasteiger partial charge on any atom is 0.227 e. The molecule has 0 aromatic heterocycles. The van der Waals surface area contributed by atoms with E-state index in [-0.39, 0.29) is 17.7 Å². The van der Waals surface area contributed by atoms with Crippen LogP contribution in [0.25, 0.3) is 0 Å². The van der Waals surface area contributed by atoms with Crippen LogP contribution in [0.15, 0.2) is 0 Å². The van der Waals surface area contributed by atoms with Crippen LogP contribution in [0.4, 0.5) is 0 Å². The molecular weight excluding hydrogens is 218 g/mol. The number of rotatable bonds is 3. The van der Waals surface area contributed by atoms with Crippen LogP contribution in [-0.4, -0.2) is 49.9 Å². The second-order valence-electron chi connectivity index (χ2n) is 5.06. The first-order valence-electron chi connectivity index (χ1n) is 6.40. The highest BCUT2D eigenvalue weighted by molar-refractivity contribution is 5.89. The summed E-state index contributed by atoms with van der Waals surface area (Å²) in [5, 5.41) is 5.90. The van der Waals surface area contributed by atoms with Crippen molar-refractivity contribution in [2.75, 3.05) is 33.2 Å². The van der Waals surface area contributed by atoms with Gasteiger partial charge in [0.2, 0.25) is 11.8 Å². The van der Waals surface area contributed by atoms with Crippen molar-refractivity contribution >= 4 is 11.8 Å². The molecule has 2 fully saturated rings. The average Bonchev–Trinajstić information content (AvgIpc) is 2.76. The van der Waals surface area contributed by atoms with Crippen molar-refractivity contribution in [3.63, 3.8) is 0 Å². The van der Waals surface area contributed by atoms with E-state index in [0.29, 0.717) is 18.9 Å². The zero-order valence-corrected chi connectivity index (χ0v) is 10.4. The Morgan fingerprint density at radius 2 is 2.41 bits per heavy atom. The van der Waals surface area contributed by atoms with Gasteiger partial charge in [0.05, 0.1) is 5.92 Å². The molecule has 2 saturated heterocycles. The number of likely N-dealkylation sites (tertiary alicyclic amines) is 1. The van der Waals surface area contributed by atoms with Crippen LogP contribution in [0.5, 0.6) is 0 Å². The van der Waals surface area contributed by atoms with Crippen molar-refractivity contribution in [1.29, 1.82) is 0 Å². The molecule has 2 amide bonds. The monoisotopic (exact) mass is 239 g/mol. The summed E-state index contributed by atoms with van der Waals surface area (Å²) in [4.78, 5) is 25.3. The van der Waals surface area contributed by atoms with Gasteiger partial charge < -0.3 is 15.5 Å². The number of nitrogens with zero attached hydrogens (tertiary/aromatic N) is 1. The molecule has 0 bridgehead atoms. The summed E-state index contributed by atoms with van der Waals surface area (Å²) in [6, 6.07) is 0. The van der Waals surface area contributed by atoms with Crippen molar-refractivity contribution in [2.45, 2.75) is 19.3 Å². The predicted octanol–water partition coefficient (Wildman–Crippen LogP) is -0.419. The summed E-state index contributed by atoms with van der Waals surface area (Å²) in [5.74, 6) is 0.592. The van der Waals surface area contributed by atoms with Crippen LogP contribution in [0, 0.1) is 11.8 Å². The first-order valence-corrected chi connectivity index (χ1v) is 6.40. The third-order valence-electron chi connectivity index (χ3n) is 3.65. The third-order valence-corrected chi connectivity index (χ3v) is 3.65. The minimum Gasteiger partial charge on any atom is -0.355 e. The van der Waals surface area contributed by atoms with Crippen LogP contribution in [0.1, 0.15) is 19.3 Å². The number of nitrogens with one attached hydrogen (secondary N) is 2. The lowest BCUT2D eigenvalue weighted by Crippen LogP contribution is -2.45. The van der Waals surface area contributed by atoms with Gasteiger partial charge in [-0.2, -0.15) is 0 Å². The first kappa shape index (κ1) is 12.4. The molecule has 0 saturated carbocycles. The lowest BCUT2D eigenvalue weighted by molar-refractivity contribution is -0.137. The Labute approximate surface area is 102 Å². The van der Waals surface area contributed by atoms with Gasteiger partial charge in [-0.1, -0.05) is 0 Å². The summed E-state index contributed by atoms with van der Waals surface area (Å²) in [6.07, 6.45) is 2.63. The van der Waals surface area contributed by atoms with Gasteiger partial charge in [0.25, 0.3) is 0 Å². The fourth-order valence-electron chi connectivity index (χ4n) is 2.76. The van der Waals surface area contributed by atoms with Gasteiger partial charge in [-0.05, 0) is 32.4 Å². The molecule has 2 aliphatic heterocycles. The molecule has 2 aliphatic rings. The largest absolute Gasteiger partial charge is 0.355 e. The standard InChI is InChI=1S/C12H21N3O2/c1-13-6-9-3-2-4-15(8-9)12(17)10-5-11(16)14-7-10/h9-10,13H,2-8H2,1H3,(H,14,16). The maximum atomic E-state index is 12.2. The van der Waals surface area contributed by atoms with Crippen LogP contribution < -0.4 is 10.6 Å². The topological polar surface area (TPSA) is 61.4 Å². The Morgan fingerprint density at radius 1 is 1.59 bits per heavy atom. The number of amides is 2. The van der Waals surface area contributed by atoms with Gasteiger partial charge in [0.15, 0.2) is 0 Å². The van der Waals surface area contributed by atoms with E-state index < -0.39 is 0 Å². The molecule has 5 nitrogen and oxygen atoms in total. The number of hydrogen-bond donors (Lipinski definition) is 2. The van der Waals surface area contributed by atoms with E-state index in [1.54, 1.807) is 0 Å². The first-order chi connectivity index (χ1) is 8.20. The molecule has 96 valence electrons. The van der Waals surface area contributed by atoms with E-state index >= 15 is 0 Å². The van der Waals surface area contributed by atoms with Gasteiger partial charge >= 0.3 is 0 Å². The Morgan fingerprint density at radius 3 is 3.06 bits per heavy atom. The number of carbonyl (C=O) groups excluding carboxylic acids is 2. The van der Waals surface area contributed by atoms with E-state index in [1.165, 1.54) is 6.42 Å². The Hall–Kier alpha value is -1.10. The molecule has 2 rings (SSSR count). The molecular formula is C12H21N3O2. The Kier molecular flexibility index (Phi) is 3.99. The summed E-state index contributed by atoms with van der Waals surface area (Å²) in [7, 11) is 1.94. The fraction of sp³-hybridized carbons (Fsp3) is 0.833. The lowest BCUT2D eigenvalue weighted by Gasteiger charge is -2.34. The number of piperidine rings is 1. The number of hydrogen-bond acceptors (Lipinski definition) is 3. The molecule has 0 spiro atoms. The van der Waals surface area contributed by atoms with Crippen LogP contribution >= 0.6 is 0 Å². The van der Waals surface area contributed by atoms with Gasteiger partial charge in [0.1, 0.15) is 0 Å². The molecule has 2 atom stereocenters. The quantitative estimate of drug-likeness (QED) is 0.703. The third kappa shape index (κ3) is 2.97. The van der Waals surface area contributed by atoms with E-state index in [4.69, 9.17) is 0 Å². The van der Waals surface area contributed by atoms with Crippen LogP contribution in [0.2, 0.25) is 0 Å². The SMILES string of the molecule is CNCC1CCCN(C(=O)C2CNC(=O)C2)C1. The Bertz CT molecular complexity index is 304. The summed E-state index contributed by atoms with van der Waals surface area (Å²) in [5.41, 5.74) is 0. The minimum absolute atomic E-state index is 0.00661. The zero-order valence-electron chi connectivity index (χ0n) is 10.4. The molecule has 2 heterocycles. The molecule has 0 aliphatic carbocycles. The molecule has 2 N–H and O–H groups in total. The van der Waals surface area contributed by atoms with Gasteiger partial charge in [0, 0.05) is 26.1 Å². The van der Waals surface area contributed by atoms with Crippen LogP contribution in [0.3, 0.4) is 0 Å². The molecule has 17 heavy (non-hydrogen) atoms. The van der Waals surface area contributed by atoms with Gasteiger partial charge in [-0.15, -0.1) is 0 Å². The van der Waals surface area contributed by atoms with Crippen molar-refractivity contribution in [3.05, 3.63) is 0 Å². The highest BCUT2D eigenvalue weighted by atomic mass is 16.2. The average molecular weight is 239 g/mol. The summed E-state index contributed by atoms with van der Waals surface area (Å²) < 4.78 is 0. The Balaban J connectivity index is 1.88. The predicted molar refractivity (Wildman–Crippen MR) is 64.3 cm³/mol. The van der Waals surface area contributed by atoms with Crippen molar-refractivity contribution < 1.29 is 9.59 Å². The van der Waals surface area contributed by atoms with Gasteiger partial charge in [-0.25, -0.2) is 0 Å². The molecule has 0 aromatic carbocycles. The van der Waals surface area contributed by atoms with E-state index in [2.05, 4.69) is 10.6 Å². The van der Waals surface area contributed by atoms with Crippen LogP contribution in [-0.2, 0) is 9.59 Å². The highest BCUT2D eigenvalue weighted by Gasteiger charge is 2.33. The van der Waals surface area contributed by atoms with Crippen molar-refractivity contribution in [1.82, 2.24) is 15.5 Å². The molecule has 2 unspecified atom stereocenters. The fourth-order valence-corrected chi connectivity index (χ4v) is 2.76. The van der Waals surface area contributed by atoms with Crippen molar-refractivity contribution in [3.8, 4) is 0 Å². The van der Waals surface area contributed by atoms with Gasteiger partial charge in [-0.3, -0.25) is 9.59 Å². The van der Waals surface area contributed by atoms with E-state index in [0.717, 1.165) is 26.1 Å². The van der Waals surface area contributed by atoms with E-state index in [9.17, 15) is 9.59 Å². The lowest BCUT2D eigenvalue weighted by atomic mass is 9.96. The normalized spacial score (nSPS) is 29.2. The minimum atomic E-state index is -0.129. The molecule has 0 aromatic rings. The summed E-state index contributed by atoms with van der Waals surface area (Å²) in [6.45, 7) is 3.17. The number of carbonyl (C=O) groups is 2.